The molecule has 18 nitrogen and oxygen atoms in total. The van der Waals surface area contributed by atoms with Gasteiger partial charge in [-0.1, -0.05) is 0 Å². The number of guanidine groups is 2. The van der Waals surface area contributed by atoms with Gasteiger partial charge in [0, 0.05) is 25.3 Å². The summed E-state index contributed by atoms with van der Waals surface area (Å²) >= 11 is 0. The molecular formula is C27H49N9O9. The topological polar surface area (TPSA) is 328 Å². The lowest BCUT2D eigenvalue weighted by Crippen LogP contribution is -2.67. The van der Waals surface area contributed by atoms with Crippen LogP contribution < -0.4 is 39.7 Å². The van der Waals surface area contributed by atoms with Gasteiger partial charge in [0.2, 0.25) is 6.29 Å². The number of carbonyl (C=O) groups is 1. The molecule has 45 heavy (non-hydrogen) atoms. The maximum atomic E-state index is 13.4. The van der Waals surface area contributed by atoms with E-state index >= 15 is 0 Å². The van der Waals surface area contributed by atoms with Crippen LogP contribution in [0.2, 0.25) is 0 Å². The monoisotopic (exact) mass is 643 g/mol. The first-order valence-corrected chi connectivity index (χ1v) is 15.0. The van der Waals surface area contributed by atoms with Gasteiger partial charge in [0.1, 0.15) is 41.3 Å². The predicted molar refractivity (Wildman–Crippen MR) is 161 cm³/mol. The number of aliphatic hydroxyl groups excluding tert-OH is 2. The average molecular weight is 644 g/mol. The van der Waals surface area contributed by atoms with Gasteiger partial charge in [-0.25, -0.2) is 4.99 Å². The molecule has 2 saturated carbocycles. The highest BCUT2D eigenvalue weighted by Crippen LogP contribution is 2.41. The minimum Gasteiger partial charge on any atom is -0.466 e. The summed E-state index contributed by atoms with van der Waals surface area (Å²) in [5, 5.41) is 47.3. The van der Waals surface area contributed by atoms with E-state index in [1.807, 2.05) is 0 Å². The molecule has 4 aliphatic rings. The van der Waals surface area contributed by atoms with E-state index in [2.05, 4.69) is 15.3 Å². The number of nitrogens with two attached hydrogens (primary N) is 6. The van der Waals surface area contributed by atoms with Gasteiger partial charge in [-0.2, -0.15) is 0 Å². The SMILES string of the molecule is CN[C@@H]1[C@@H](O)[C@@H](O[C@H]2[C@H](CC(=O)C3(O)CC(N=C(N)N)C3)C[C@H](N)C(O[C@H]3OC(CN)=CC[C@H]3N=C(N)N)[C@@H]2O)OC[C@]1(C)O. The Labute approximate surface area is 261 Å². The number of nitrogens with zero attached hydrogens (tertiary/aromatic N) is 2. The van der Waals surface area contributed by atoms with Crippen LogP contribution >= 0.6 is 0 Å². The molecule has 17 N–H and O–H groups in total. The zero-order valence-corrected chi connectivity index (χ0v) is 25.6. The molecule has 0 aromatic heterocycles. The molecule has 2 aliphatic heterocycles. The van der Waals surface area contributed by atoms with E-state index in [1.165, 1.54) is 6.92 Å². The fourth-order valence-corrected chi connectivity index (χ4v) is 6.66. The molecule has 2 heterocycles. The Balaban J connectivity index is 1.57. The van der Waals surface area contributed by atoms with E-state index in [0.29, 0.717) is 12.2 Å². The van der Waals surface area contributed by atoms with Crippen LogP contribution in [0.1, 0.15) is 39.0 Å². The largest absolute Gasteiger partial charge is 0.466 e. The number of nitrogens with one attached hydrogen (secondary N) is 1. The van der Waals surface area contributed by atoms with Gasteiger partial charge in [-0.05, 0) is 38.8 Å². The highest BCUT2D eigenvalue weighted by Gasteiger charge is 2.54. The Morgan fingerprint density at radius 3 is 2.31 bits per heavy atom. The molecule has 11 atom stereocenters. The molecule has 256 valence electrons. The normalized spacial score (nSPS) is 43.3. The molecule has 2 aliphatic carbocycles. The summed E-state index contributed by atoms with van der Waals surface area (Å²) in [6.45, 7) is 1.40. The molecule has 0 bridgehead atoms. The highest BCUT2D eigenvalue weighted by molar-refractivity contribution is 5.89. The van der Waals surface area contributed by atoms with Crippen molar-refractivity contribution in [1.82, 2.24) is 5.32 Å². The molecule has 3 fully saturated rings. The molecule has 1 saturated heterocycles. The lowest BCUT2D eigenvalue weighted by molar-refractivity contribution is -0.308. The Morgan fingerprint density at radius 1 is 1.07 bits per heavy atom. The van der Waals surface area contributed by atoms with E-state index in [1.54, 1.807) is 13.1 Å². The Hall–Kier alpha value is -2.65. The molecule has 4 rings (SSSR count). The van der Waals surface area contributed by atoms with Crippen molar-refractivity contribution in [2.45, 2.75) is 111 Å². The molecular weight excluding hydrogens is 594 g/mol. The average Bonchev–Trinajstić information content (AvgIpc) is 2.93. The Bertz CT molecular complexity index is 1140. The summed E-state index contributed by atoms with van der Waals surface area (Å²) in [5.41, 5.74) is 31.3. The number of likely N-dealkylation sites (N-methyl/N-ethyl adjacent to an activating group) is 1. The van der Waals surface area contributed by atoms with Crippen LogP contribution in [0.4, 0.5) is 0 Å². The molecule has 18 heteroatoms. The maximum absolute atomic E-state index is 13.4. The van der Waals surface area contributed by atoms with Crippen molar-refractivity contribution < 1.29 is 44.2 Å². The van der Waals surface area contributed by atoms with Crippen molar-refractivity contribution in [1.29, 1.82) is 0 Å². The van der Waals surface area contributed by atoms with Crippen LogP contribution in [0.5, 0.6) is 0 Å². The third-order valence-corrected chi connectivity index (χ3v) is 8.99. The van der Waals surface area contributed by atoms with E-state index in [-0.39, 0.29) is 50.8 Å². The van der Waals surface area contributed by atoms with E-state index in [0.717, 1.165) is 0 Å². The van der Waals surface area contributed by atoms with Gasteiger partial charge in [0.05, 0.1) is 31.3 Å². The molecule has 0 spiro atoms. The lowest BCUT2D eigenvalue weighted by Gasteiger charge is -2.49. The van der Waals surface area contributed by atoms with Gasteiger partial charge in [-0.3, -0.25) is 9.79 Å². The Morgan fingerprint density at radius 2 is 1.71 bits per heavy atom. The first-order chi connectivity index (χ1) is 21.1. The summed E-state index contributed by atoms with van der Waals surface area (Å²) in [5.74, 6) is -1.12. The molecule has 1 unspecified atom stereocenters. The lowest BCUT2D eigenvalue weighted by atomic mass is 9.69. The second-order valence-electron chi connectivity index (χ2n) is 12.6. The van der Waals surface area contributed by atoms with Crippen molar-refractivity contribution in [3.63, 3.8) is 0 Å². The van der Waals surface area contributed by atoms with E-state index < -0.39 is 84.1 Å². The molecule has 0 radical (unpaired) electrons. The fraction of sp³-hybridized carbons (Fsp3) is 0.815. The van der Waals surface area contributed by atoms with Gasteiger partial charge >= 0.3 is 0 Å². The van der Waals surface area contributed by atoms with Crippen LogP contribution in [-0.4, -0.2) is 131 Å². The minimum atomic E-state index is -1.67. The van der Waals surface area contributed by atoms with Crippen LogP contribution in [0.3, 0.4) is 0 Å². The van der Waals surface area contributed by atoms with Gasteiger partial charge in [0.25, 0.3) is 0 Å². The standard InChI is InChI=1S/C27H49N9O9/c1-26(40)10-42-23(18(39)21(26)34-2)44-19-11(6-16(37)27(41)7-12(8-27)35-24(30)31)5-14(29)20(17(19)38)45-22-15(36-25(32)33)4-3-13(9-28)43-22/h3,11-12,14-15,17-23,34,38-41H,4-10,28-29H2,1-2H3,(H4,30,31,35)(H4,32,33,36)/t11-,12?,14-,15+,17+,18+,19-,20?,21+,22+,23+,26-,27?/m0/s1. The first-order valence-electron chi connectivity index (χ1n) is 15.0. The van der Waals surface area contributed by atoms with E-state index in [4.69, 9.17) is 53.3 Å². The number of aliphatic imine (C=N–C) groups is 2. The van der Waals surface area contributed by atoms with Gasteiger partial charge < -0.3 is 79.1 Å². The van der Waals surface area contributed by atoms with Crippen molar-refractivity contribution in [2.24, 2.45) is 50.3 Å². The maximum Gasteiger partial charge on any atom is 0.222 e. The summed E-state index contributed by atoms with van der Waals surface area (Å²) in [6, 6.07) is -2.74. The minimum absolute atomic E-state index is 0.0356. The van der Waals surface area contributed by atoms with Crippen LogP contribution in [0, 0.1) is 5.92 Å². The molecule has 0 aromatic carbocycles. The number of carbonyl (C=O) groups excluding carboxylic acids is 1. The summed E-state index contributed by atoms with van der Waals surface area (Å²) in [4.78, 5) is 21.6. The third-order valence-electron chi connectivity index (χ3n) is 8.99. The summed E-state index contributed by atoms with van der Waals surface area (Å²) in [6.07, 6.45) is -5.45. The number of ether oxygens (including phenoxy) is 4. The number of hydrogen-bond acceptors (Lipinski definition) is 14. The smallest absolute Gasteiger partial charge is 0.222 e. The number of aliphatic hydroxyl groups is 4. The Kier molecular flexibility index (Phi) is 11.0. The van der Waals surface area contributed by atoms with Crippen LogP contribution in [0.25, 0.3) is 0 Å². The highest BCUT2D eigenvalue weighted by atomic mass is 16.7. The molecule has 0 aromatic rings. The van der Waals surface area contributed by atoms with Gasteiger partial charge in [0.15, 0.2) is 24.0 Å². The molecule has 0 amide bonds. The second kappa shape index (κ2) is 14.0. The third kappa shape index (κ3) is 7.84. The van der Waals surface area contributed by atoms with Crippen molar-refractivity contribution in [3.8, 4) is 0 Å². The van der Waals surface area contributed by atoms with Crippen LogP contribution in [-0.2, 0) is 23.7 Å². The van der Waals surface area contributed by atoms with Crippen LogP contribution in [0.15, 0.2) is 21.8 Å². The quantitative estimate of drug-likeness (QED) is 0.0740. The number of Topliss-reactive ketones (excluding diaryl/α,β-unsaturated/α-hetero) is 1. The van der Waals surface area contributed by atoms with Gasteiger partial charge in [-0.15, -0.1) is 0 Å². The van der Waals surface area contributed by atoms with Crippen molar-refractivity contribution in [2.75, 3.05) is 20.2 Å². The number of ketones is 1. The van der Waals surface area contributed by atoms with E-state index in [9.17, 15) is 25.2 Å². The second-order valence-corrected chi connectivity index (χ2v) is 12.6. The number of hydrogen-bond donors (Lipinski definition) is 11. The summed E-state index contributed by atoms with van der Waals surface area (Å²) < 4.78 is 24.0. The predicted octanol–water partition coefficient (Wildman–Crippen LogP) is -5.12. The zero-order chi connectivity index (χ0) is 33.3. The summed E-state index contributed by atoms with van der Waals surface area (Å²) in [7, 11) is 1.57. The zero-order valence-electron chi connectivity index (χ0n) is 25.6. The first kappa shape index (κ1) is 35.2. The fourth-order valence-electron chi connectivity index (χ4n) is 6.66. The van der Waals surface area contributed by atoms with Crippen molar-refractivity contribution >= 4 is 17.7 Å². The number of rotatable bonds is 11. The van der Waals surface area contributed by atoms with Crippen molar-refractivity contribution in [3.05, 3.63) is 11.8 Å².